The Morgan fingerprint density at radius 2 is 1.79 bits per heavy atom. The zero-order chi connectivity index (χ0) is 20.3. The van der Waals surface area contributed by atoms with Crippen molar-refractivity contribution in [3.05, 3.63) is 64.7 Å². The van der Waals surface area contributed by atoms with Crippen LogP contribution in [0.2, 0.25) is 0 Å². The minimum atomic E-state index is -0.178. The number of anilines is 1. The molecule has 0 aromatic heterocycles. The number of amides is 2. The number of nitrogens with one attached hydrogen (secondary N) is 1. The minimum absolute atomic E-state index is 0.0104. The van der Waals surface area contributed by atoms with Gasteiger partial charge in [0.25, 0.3) is 5.91 Å². The largest absolute Gasteiger partial charge is 0.338 e. The van der Waals surface area contributed by atoms with Crippen molar-refractivity contribution >= 4 is 17.5 Å². The second-order valence-electron chi connectivity index (χ2n) is 8.14. The maximum absolute atomic E-state index is 13.0. The smallest absolute Gasteiger partial charge is 0.253 e. The molecule has 0 saturated carbocycles. The summed E-state index contributed by atoms with van der Waals surface area (Å²) in [5.74, 6) is 0.179. The van der Waals surface area contributed by atoms with Gasteiger partial charge in [-0.15, -0.1) is 0 Å². The van der Waals surface area contributed by atoms with E-state index in [9.17, 15) is 9.59 Å². The molecule has 148 valence electrons. The van der Waals surface area contributed by atoms with E-state index in [1.807, 2.05) is 55.1 Å². The van der Waals surface area contributed by atoms with Crippen LogP contribution in [0.4, 0.5) is 5.69 Å². The SMILES string of the molecule is Cc1ccc(C(=O)N2CCCC(C(=O)Nc3c(C)cccc3C(C)C)C2)cc1. The van der Waals surface area contributed by atoms with Crippen LogP contribution in [0.5, 0.6) is 0 Å². The molecule has 2 aromatic carbocycles. The van der Waals surface area contributed by atoms with E-state index in [0.717, 1.165) is 35.2 Å². The summed E-state index contributed by atoms with van der Waals surface area (Å²) in [6, 6.07) is 13.8. The quantitative estimate of drug-likeness (QED) is 0.821. The molecule has 4 heteroatoms. The maximum atomic E-state index is 13.0. The highest BCUT2D eigenvalue weighted by Crippen LogP contribution is 2.29. The summed E-state index contributed by atoms with van der Waals surface area (Å²) >= 11 is 0. The van der Waals surface area contributed by atoms with Crippen LogP contribution in [0.15, 0.2) is 42.5 Å². The first kappa shape index (κ1) is 20.1. The maximum Gasteiger partial charge on any atom is 0.253 e. The number of hydrogen-bond donors (Lipinski definition) is 1. The number of hydrogen-bond acceptors (Lipinski definition) is 2. The molecule has 1 aliphatic heterocycles. The van der Waals surface area contributed by atoms with Gasteiger partial charge in [-0.1, -0.05) is 49.7 Å². The molecule has 1 unspecified atom stereocenters. The van der Waals surface area contributed by atoms with Crippen molar-refractivity contribution in [3.8, 4) is 0 Å². The van der Waals surface area contributed by atoms with Gasteiger partial charge in [0.05, 0.1) is 5.92 Å². The van der Waals surface area contributed by atoms with E-state index in [1.54, 1.807) is 0 Å². The Labute approximate surface area is 167 Å². The summed E-state index contributed by atoms with van der Waals surface area (Å²) in [5.41, 5.74) is 4.96. The first-order valence-corrected chi connectivity index (χ1v) is 10.1. The van der Waals surface area contributed by atoms with Crippen molar-refractivity contribution in [2.45, 2.75) is 46.5 Å². The van der Waals surface area contributed by atoms with Gasteiger partial charge in [-0.2, -0.15) is 0 Å². The second kappa shape index (κ2) is 8.59. The predicted octanol–water partition coefficient (Wildman–Crippen LogP) is 4.92. The fraction of sp³-hybridized carbons (Fsp3) is 0.417. The van der Waals surface area contributed by atoms with Crippen LogP contribution in [0.25, 0.3) is 0 Å². The van der Waals surface area contributed by atoms with Gasteiger partial charge in [0, 0.05) is 24.3 Å². The molecule has 3 rings (SSSR count). The summed E-state index contributed by atoms with van der Waals surface area (Å²) in [7, 11) is 0. The molecule has 1 saturated heterocycles. The number of likely N-dealkylation sites (tertiary alicyclic amines) is 1. The lowest BCUT2D eigenvalue weighted by molar-refractivity contribution is -0.121. The minimum Gasteiger partial charge on any atom is -0.338 e. The van der Waals surface area contributed by atoms with Crippen molar-refractivity contribution in [2.75, 3.05) is 18.4 Å². The van der Waals surface area contributed by atoms with E-state index in [1.165, 1.54) is 0 Å². The van der Waals surface area contributed by atoms with Crippen molar-refractivity contribution in [2.24, 2.45) is 5.92 Å². The first-order chi connectivity index (χ1) is 13.4. The van der Waals surface area contributed by atoms with Gasteiger partial charge in [-0.25, -0.2) is 0 Å². The third-order valence-electron chi connectivity index (χ3n) is 5.55. The summed E-state index contributed by atoms with van der Waals surface area (Å²) < 4.78 is 0. The van der Waals surface area contributed by atoms with Crippen molar-refractivity contribution in [3.63, 3.8) is 0 Å². The number of rotatable bonds is 4. The molecule has 0 aliphatic carbocycles. The Hall–Kier alpha value is -2.62. The molecule has 0 bridgehead atoms. The fourth-order valence-corrected chi connectivity index (χ4v) is 3.82. The molecule has 1 heterocycles. The van der Waals surface area contributed by atoms with E-state index in [2.05, 4.69) is 25.2 Å². The van der Waals surface area contributed by atoms with Crippen LogP contribution in [0, 0.1) is 19.8 Å². The number of carbonyl (C=O) groups is 2. The van der Waals surface area contributed by atoms with Gasteiger partial charge in [0.1, 0.15) is 0 Å². The Bertz CT molecular complexity index is 855. The van der Waals surface area contributed by atoms with Gasteiger partial charge in [-0.05, 0) is 55.9 Å². The van der Waals surface area contributed by atoms with Gasteiger partial charge in [-0.3, -0.25) is 9.59 Å². The molecule has 2 amide bonds. The van der Waals surface area contributed by atoms with Crippen LogP contribution in [-0.4, -0.2) is 29.8 Å². The van der Waals surface area contributed by atoms with Gasteiger partial charge in [0.15, 0.2) is 0 Å². The van der Waals surface area contributed by atoms with Gasteiger partial charge < -0.3 is 10.2 Å². The van der Waals surface area contributed by atoms with Crippen molar-refractivity contribution in [1.29, 1.82) is 0 Å². The molecule has 0 spiro atoms. The highest BCUT2D eigenvalue weighted by atomic mass is 16.2. The number of piperidine rings is 1. The second-order valence-corrected chi connectivity index (χ2v) is 8.14. The van der Waals surface area contributed by atoms with Crippen LogP contribution in [0.1, 0.15) is 59.7 Å². The predicted molar refractivity (Wildman–Crippen MR) is 114 cm³/mol. The Morgan fingerprint density at radius 3 is 2.46 bits per heavy atom. The molecule has 2 aromatic rings. The van der Waals surface area contributed by atoms with Crippen molar-refractivity contribution < 1.29 is 9.59 Å². The number of carbonyl (C=O) groups excluding carboxylic acids is 2. The molecule has 4 nitrogen and oxygen atoms in total. The van der Waals surface area contributed by atoms with E-state index < -0.39 is 0 Å². The van der Waals surface area contributed by atoms with Crippen LogP contribution >= 0.6 is 0 Å². The van der Waals surface area contributed by atoms with E-state index in [0.29, 0.717) is 24.6 Å². The molecular formula is C24H30N2O2. The summed E-state index contributed by atoms with van der Waals surface area (Å²) in [4.78, 5) is 27.6. The Kier molecular flexibility index (Phi) is 6.18. The zero-order valence-electron chi connectivity index (χ0n) is 17.3. The summed E-state index contributed by atoms with van der Waals surface area (Å²) in [6.07, 6.45) is 1.66. The van der Waals surface area contributed by atoms with Gasteiger partial charge >= 0.3 is 0 Å². The van der Waals surface area contributed by atoms with Crippen LogP contribution in [-0.2, 0) is 4.79 Å². The zero-order valence-corrected chi connectivity index (χ0v) is 17.3. The van der Waals surface area contributed by atoms with Gasteiger partial charge in [0.2, 0.25) is 5.91 Å². The number of aryl methyl sites for hydroxylation is 2. The summed E-state index contributed by atoms with van der Waals surface area (Å²) in [6.45, 7) is 9.47. The van der Waals surface area contributed by atoms with E-state index in [-0.39, 0.29) is 17.7 Å². The normalized spacial score (nSPS) is 16.9. The number of benzene rings is 2. The lowest BCUT2D eigenvalue weighted by Gasteiger charge is -2.32. The molecule has 28 heavy (non-hydrogen) atoms. The third-order valence-corrected chi connectivity index (χ3v) is 5.55. The fourth-order valence-electron chi connectivity index (χ4n) is 3.82. The van der Waals surface area contributed by atoms with Crippen molar-refractivity contribution in [1.82, 2.24) is 4.90 Å². The molecule has 1 aliphatic rings. The molecule has 1 fully saturated rings. The lowest BCUT2D eigenvalue weighted by Crippen LogP contribution is -2.43. The highest BCUT2D eigenvalue weighted by Gasteiger charge is 2.29. The summed E-state index contributed by atoms with van der Waals surface area (Å²) in [5, 5.41) is 3.16. The monoisotopic (exact) mass is 378 g/mol. The van der Waals surface area contributed by atoms with E-state index >= 15 is 0 Å². The number of nitrogens with zero attached hydrogens (tertiary/aromatic N) is 1. The Morgan fingerprint density at radius 1 is 1.07 bits per heavy atom. The topological polar surface area (TPSA) is 49.4 Å². The van der Waals surface area contributed by atoms with Crippen LogP contribution in [0.3, 0.4) is 0 Å². The Balaban J connectivity index is 1.72. The van der Waals surface area contributed by atoms with E-state index in [4.69, 9.17) is 0 Å². The third kappa shape index (κ3) is 4.44. The molecular weight excluding hydrogens is 348 g/mol. The standard InChI is InChI=1S/C24H30N2O2/c1-16(2)21-9-5-7-18(4)22(21)25-23(27)20-8-6-14-26(15-20)24(28)19-12-10-17(3)11-13-19/h5,7,9-13,16,20H,6,8,14-15H2,1-4H3,(H,25,27). The number of para-hydroxylation sites is 1. The average molecular weight is 379 g/mol. The lowest BCUT2D eigenvalue weighted by atomic mass is 9.94. The average Bonchev–Trinajstić information content (AvgIpc) is 2.69. The first-order valence-electron chi connectivity index (χ1n) is 10.1. The molecule has 0 radical (unpaired) electrons. The van der Waals surface area contributed by atoms with Crippen LogP contribution < -0.4 is 5.32 Å². The highest BCUT2D eigenvalue weighted by molar-refractivity contribution is 5.97. The molecule has 1 N–H and O–H groups in total. The molecule has 1 atom stereocenters.